The molecule has 1 heterocycles. The van der Waals surface area contributed by atoms with Crippen LogP contribution < -0.4 is 0 Å². The Kier molecular flexibility index (Phi) is 4.30. The zero-order chi connectivity index (χ0) is 25.5. The Balaban J connectivity index is 1.25. The molecule has 0 amide bonds. The van der Waals surface area contributed by atoms with Gasteiger partial charge in [-0.1, -0.05) is 115 Å². The lowest BCUT2D eigenvalue weighted by Crippen LogP contribution is -1.85. The molecule has 0 saturated carbocycles. The van der Waals surface area contributed by atoms with Gasteiger partial charge in [-0.25, -0.2) is 0 Å². The number of benzene rings is 8. The molecule has 0 radical (unpaired) electrons. The molecule has 0 nitrogen and oxygen atoms in total. The van der Waals surface area contributed by atoms with E-state index in [9.17, 15) is 0 Å². The first-order chi connectivity index (χ1) is 19.3. The SMILES string of the molecule is c1ccc2c(c1)ccc1c(-c3ccc4ccc(-c5ccc6ccc7cccc8sc5c6c78)cc4c3)cccc12. The highest BCUT2D eigenvalue weighted by Gasteiger charge is 2.15. The lowest BCUT2D eigenvalue weighted by molar-refractivity contribution is 1.68. The van der Waals surface area contributed by atoms with E-state index in [1.165, 1.54) is 85.5 Å². The van der Waals surface area contributed by atoms with Gasteiger partial charge in [0.05, 0.1) is 0 Å². The maximum atomic E-state index is 2.38. The van der Waals surface area contributed by atoms with Crippen LogP contribution in [0.15, 0.2) is 133 Å². The van der Waals surface area contributed by atoms with Gasteiger partial charge >= 0.3 is 0 Å². The van der Waals surface area contributed by atoms with Crippen molar-refractivity contribution in [2.75, 3.05) is 0 Å². The molecule has 8 aromatic carbocycles. The monoisotopic (exact) mass is 510 g/mol. The summed E-state index contributed by atoms with van der Waals surface area (Å²) in [5.41, 5.74) is 5.13. The van der Waals surface area contributed by atoms with Gasteiger partial charge in [-0.2, -0.15) is 0 Å². The van der Waals surface area contributed by atoms with Crippen LogP contribution in [0.3, 0.4) is 0 Å². The zero-order valence-corrected chi connectivity index (χ0v) is 21.9. The first kappa shape index (κ1) is 21.2. The van der Waals surface area contributed by atoms with Crippen molar-refractivity contribution in [1.82, 2.24) is 0 Å². The lowest BCUT2D eigenvalue weighted by atomic mass is 9.92. The predicted octanol–water partition coefficient (Wildman–Crippen LogP) is 11.4. The third-order valence-corrected chi connectivity index (χ3v) is 9.59. The molecule has 0 bridgehead atoms. The Morgan fingerprint density at radius 2 is 1.03 bits per heavy atom. The molecule has 1 heteroatoms. The fourth-order valence-corrected chi connectivity index (χ4v) is 7.84. The number of hydrogen-bond donors (Lipinski definition) is 0. The van der Waals surface area contributed by atoms with Crippen molar-refractivity contribution in [2.24, 2.45) is 0 Å². The van der Waals surface area contributed by atoms with E-state index < -0.39 is 0 Å². The van der Waals surface area contributed by atoms with E-state index in [0.717, 1.165) is 0 Å². The summed E-state index contributed by atoms with van der Waals surface area (Å²) in [5.74, 6) is 0. The average Bonchev–Trinajstić information content (AvgIpc) is 3.40. The van der Waals surface area contributed by atoms with Crippen LogP contribution in [0.5, 0.6) is 0 Å². The van der Waals surface area contributed by atoms with Crippen LogP contribution >= 0.6 is 11.3 Å². The van der Waals surface area contributed by atoms with E-state index in [1.807, 2.05) is 11.3 Å². The van der Waals surface area contributed by atoms with E-state index in [4.69, 9.17) is 0 Å². The van der Waals surface area contributed by atoms with Crippen LogP contribution in [0.4, 0.5) is 0 Å². The van der Waals surface area contributed by atoms with Crippen LogP contribution in [0.1, 0.15) is 0 Å². The number of rotatable bonds is 2. The molecular weight excluding hydrogens is 488 g/mol. The van der Waals surface area contributed by atoms with Gasteiger partial charge in [0.1, 0.15) is 0 Å². The van der Waals surface area contributed by atoms with Gasteiger partial charge in [0.25, 0.3) is 0 Å². The highest BCUT2D eigenvalue weighted by Crippen LogP contribution is 2.45. The normalized spacial score (nSPS) is 12.1. The van der Waals surface area contributed by atoms with Gasteiger partial charge in [0.15, 0.2) is 0 Å². The number of hydrogen-bond acceptors (Lipinski definition) is 1. The topological polar surface area (TPSA) is 0 Å². The summed E-state index contributed by atoms with van der Waals surface area (Å²) >= 11 is 1.92. The van der Waals surface area contributed by atoms with E-state index in [1.54, 1.807) is 0 Å². The van der Waals surface area contributed by atoms with Crippen LogP contribution in [0.2, 0.25) is 0 Å². The summed E-state index contributed by atoms with van der Waals surface area (Å²) in [4.78, 5) is 0. The van der Waals surface area contributed by atoms with Gasteiger partial charge in [-0.15, -0.1) is 11.3 Å². The fraction of sp³-hybridized carbons (Fsp3) is 0. The molecule has 180 valence electrons. The van der Waals surface area contributed by atoms with Gasteiger partial charge in [-0.3, -0.25) is 0 Å². The summed E-state index contributed by atoms with van der Waals surface area (Å²) in [6.45, 7) is 0. The molecule has 0 spiro atoms. The molecule has 0 aliphatic heterocycles. The summed E-state index contributed by atoms with van der Waals surface area (Å²) in [7, 11) is 0. The van der Waals surface area contributed by atoms with Crippen molar-refractivity contribution < 1.29 is 0 Å². The van der Waals surface area contributed by atoms with E-state index >= 15 is 0 Å². The lowest BCUT2D eigenvalue weighted by Gasteiger charge is -2.12. The highest BCUT2D eigenvalue weighted by molar-refractivity contribution is 7.26. The molecule has 1 aromatic heterocycles. The van der Waals surface area contributed by atoms with Crippen molar-refractivity contribution in [3.63, 3.8) is 0 Å². The zero-order valence-electron chi connectivity index (χ0n) is 21.1. The second-order valence-corrected chi connectivity index (χ2v) is 11.6. The minimum Gasteiger partial charge on any atom is -0.134 e. The summed E-state index contributed by atoms with van der Waals surface area (Å²) in [6.07, 6.45) is 0. The van der Waals surface area contributed by atoms with Crippen LogP contribution in [-0.2, 0) is 0 Å². The molecular formula is C38H22S. The largest absolute Gasteiger partial charge is 0.134 e. The maximum absolute atomic E-state index is 2.38. The van der Waals surface area contributed by atoms with E-state index in [2.05, 4.69) is 133 Å². The van der Waals surface area contributed by atoms with Crippen molar-refractivity contribution in [1.29, 1.82) is 0 Å². The van der Waals surface area contributed by atoms with Crippen LogP contribution in [0.25, 0.3) is 85.5 Å². The minimum absolute atomic E-state index is 1.26. The minimum atomic E-state index is 1.26. The standard InChI is InChI=1S/C38H22S/c1-2-7-30-24(5-1)17-20-34-31(8-4-9-33(30)34)27-15-11-23-12-16-28(22-29(23)21-27)32-19-18-26-14-13-25-6-3-10-35-36(25)37(26)38(32)39-35/h1-22H. The van der Waals surface area contributed by atoms with Gasteiger partial charge in [-0.05, 0) is 83.5 Å². The predicted molar refractivity (Wildman–Crippen MR) is 171 cm³/mol. The van der Waals surface area contributed by atoms with Gasteiger partial charge < -0.3 is 0 Å². The van der Waals surface area contributed by atoms with Crippen molar-refractivity contribution in [3.8, 4) is 22.3 Å². The van der Waals surface area contributed by atoms with Crippen molar-refractivity contribution in [2.45, 2.75) is 0 Å². The van der Waals surface area contributed by atoms with Crippen LogP contribution in [-0.4, -0.2) is 0 Å². The molecule has 0 atom stereocenters. The molecule has 0 aliphatic rings. The third kappa shape index (κ3) is 3.05. The summed E-state index contributed by atoms with van der Waals surface area (Å²) in [5, 5.41) is 13.2. The Bertz CT molecular complexity index is 2390. The quantitative estimate of drug-likeness (QED) is 0.203. The molecule has 0 aliphatic carbocycles. The van der Waals surface area contributed by atoms with Crippen molar-refractivity contribution >= 4 is 74.6 Å². The van der Waals surface area contributed by atoms with Crippen LogP contribution in [0, 0.1) is 0 Å². The Labute approximate surface area is 229 Å². The molecule has 9 rings (SSSR count). The average molecular weight is 511 g/mol. The molecule has 0 saturated heterocycles. The Morgan fingerprint density at radius 3 is 1.92 bits per heavy atom. The van der Waals surface area contributed by atoms with Gasteiger partial charge in [0, 0.05) is 20.2 Å². The number of thiophene rings is 1. The molecule has 0 unspecified atom stereocenters. The Morgan fingerprint density at radius 1 is 0.359 bits per heavy atom. The molecule has 0 fully saturated rings. The summed E-state index contributed by atoms with van der Waals surface area (Å²) in [6, 6.07) is 49.5. The molecule has 0 N–H and O–H groups in total. The first-order valence-corrected chi connectivity index (χ1v) is 14.2. The van der Waals surface area contributed by atoms with Gasteiger partial charge in [0.2, 0.25) is 0 Å². The smallest absolute Gasteiger partial charge is 0.0440 e. The third-order valence-electron chi connectivity index (χ3n) is 8.40. The molecule has 39 heavy (non-hydrogen) atoms. The Hall–Kier alpha value is -4.72. The second-order valence-electron chi connectivity index (χ2n) is 10.5. The fourth-order valence-electron chi connectivity index (χ4n) is 6.53. The summed E-state index contributed by atoms with van der Waals surface area (Å²) < 4.78 is 2.75. The van der Waals surface area contributed by atoms with E-state index in [0.29, 0.717) is 0 Å². The number of fused-ring (bicyclic) bond motifs is 4. The highest BCUT2D eigenvalue weighted by atomic mass is 32.1. The molecule has 9 aromatic rings. The van der Waals surface area contributed by atoms with Crippen molar-refractivity contribution in [3.05, 3.63) is 133 Å². The first-order valence-electron chi connectivity index (χ1n) is 13.4. The van der Waals surface area contributed by atoms with E-state index in [-0.39, 0.29) is 0 Å². The second kappa shape index (κ2) is 7.89. The maximum Gasteiger partial charge on any atom is 0.0440 e.